The highest BCUT2D eigenvalue weighted by molar-refractivity contribution is 9.10. The maximum Gasteiger partial charge on any atom is 0.188 e. The quantitative estimate of drug-likeness (QED) is 0.792. The van der Waals surface area contributed by atoms with E-state index in [-0.39, 0.29) is 13.2 Å². The summed E-state index contributed by atoms with van der Waals surface area (Å²) in [4.78, 5) is 0. The van der Waals surface area contributed by atoms with E-state index >= 15 is 0 Å². The van der Waals surface area contributed by atoms with Gasteiger partial charge in [-0.1, -0.05) is 0 Å². The highest BCUT2D eigenvalue weighted by atomic mass is 79.9. The average molecular weight is 274 g/mol. The van der Waals surface area contributed by atoms with Gasteiger partial charge in [-0.3, -0.25) is 0 Å². The zero-order valence-electron chi connectivity index (χ0n) is 8.09. The second-order valence-corrected chi connectivity index (χ2v) is 3.61. The summed E-state index contributed by atoms with van der Waals surface area (Å²) in [5.41, 5.74) is 0.628. The molecule has 15 heavy (non-hydrogen) atoms. The number of nitriles is 1. The summed E-state index contributed by atoms with van der Waals surface area (Å²) in [7, 11) is 1.47. The monoisotopic (exact) mass is 273 g/mol. The van der Waals surface area contributed by atoms with Crippen LogP contribution in [0.3, 0.4) is 0 Å². The van der Waals surface area contributed by atoms with Crippen LogP contribution >= 0.6 is 15.9 Å². The first-order chi connectivity index (χ1) is 7.19. The summed E-state index contributed by atoms with van der Waals surface area (Å²) < 4.78 is 23.3. The zero-order valence-corrected chi connectivity index (χ0v) is 9.67. The van der Waals surface area contributed by atoms with Crippen molar-refractivity contribution in [1.82, 2.24) is 0 Å². The fraction of sp³-hybridized carbons (Fsp3) is 0.300. The molecule has 0 spiro atoms. The normalized spacial score (nSPS) is 9.73. The van der Waals surface area contributed by atoms with Crippen LogP contribution in [0.5, 0.6) is 5.75 Å². The van der Waals surface area contributed by atoms with Crippen LogP contribution in [0, 0.1) is 17.1 Å². The van der Waals surface area contributed by atoms with E-state index in [1.54, 1.807) is 0 Å². The minimum absolute atomic E-state index is 0.0273. The Labute approximate surface area is 95.5 Å². The van der Waals surface area contributed by atoms with Gasteiger partial charge in [0.15, 0.2) is 6.79 Å². The first kappa shape index (κ1) is 12.0. The van der Waals surface area contributed by atoms with E-state index in [2.05, 4.69) is 15.9 Å². The predicted octanol–water partition coefficient (Wildman–Crippen LogP) is 2.64. The van der Waals surface area contributed by atoms with Gasteiger partial charge in [0.25, 0.3) is 0 Å². The van der Waals surface area contributed by atoms with Crippen LogP contribution in [0.2, 0.25) is 0 Å². The Morgan fingerprint density at radius 3 is 2.87 bits per heavy atom. The third kappa shape index (κ3) is 3.18. The largest absolute Gasteiger partial charge is 0.467 e. The molecule has 3 nitrogen and oxygen atoms in total. The Bertz CT molecular complexity index is 390. The van der Waals surface area contributed by atoms with Crippen LogP contribution in [0.25, 0.3) is 0 Å². The molecule has 0 N–H and O–H groups in total. The maximum absolute atomic E-state index is 13.2. The van der Waals surface area contributed by atoms with Gasteiger partial charge in [-0.05, 0) is 22.0 Å². The Kier molecular flexibility index (Phi) is 4.53. The minimum Gasteiger partial charge on any atom is -0.467 e. The Balaban J connectivity index is 3.00. The minimum atomic E-state index is -0.428. The Morgan fingerprint density at radius 1 is 1.53 bits per heavy atom. The van der Waals surface area contributed by atoms with Crippen molar-refractivity contribution < 1.29 is 13.9 Å². The number of rotatable bonds is 4. The van der Waals surface area contributed by atoms with Gasteiger partial charge in [0, 0.05) is 18.7 Å². The molecule has 0 aliphatic heterocycles. The van der Waals surface area contributed by atoms with E-state index in [4.69, 9.17) is 14.7 Å². The molecule has 0 fully saturated rings. The van der Waals surface area contributed by atoms with Gasteiger partial charge in [-0.25, -0.2) is 4.39 Å². The van der Waals surface area contributed by atoms with Gasteiger partial charge < -0.3 is 9.47 Å². The highest BCUT2D eigenvalue weighted by Gasteiger charge is 2.09. The van der Waals surface area contributed by atoms with E-state index in [9.17, 15) is 4.39 Å². The second-order valence-electron chi connectivity index (χ2n) is 2.76. The fourth-order valence-electron chi connectivity index (χ4n) is 1.05. The van der Waals surface area contributed by atoms with E-state index in [0.717, 1.165) is 0 Å². The van der Waals surface area contributed by atoms with Crippen molar-refractivity contribution in [2.45, 2.75) is 6.42 Å². The van der Waals surface area contributed by atoms with Crippen molar-refractivity contribution in [2.75, 3.05) is 13.9 Å². The molecule has 1 rings (SSSR count). The molecule has 0 aromatic heterocycles. The predicted molar refractivity (Wildman–Crippen MR) is 55.9 cm³/mol. The lowest BCUT2D eigenvalue weighted by molar-refractivity contribution is 0.0503. The molecular formula is C10H9BrFNO2. The van der Waals surface area contributed by atoms with Crippen LogP contribution < -0.4 is 4.74 Å². The van der Waals surface area contributed by atoms with E-state index in [1.165, 1.54) is 19.2 Å². The van der Waals surface area contributed by atoms with E-state index in [1.807, 2.05) is 6.07 Å². The van der Waals surface area contributed by atoms with Gasteiger partial charge in [0.05, 0.1) is 17.0 Å². The number of ether oxygens (including phenoxy) is 2. The van der Waals surface area contributed by atoms with Crippen LogP contribution in [-0.4, -0.2) is 13.9 Å². The molecule has 0 bridgehead atoms. The topological polar surface area (TPSA) is 42.2 Å². The second kappa shape index (κ2) is 5.69. The summed E-state index contributed by atoms with van der Waals surface area (Å²) in [5, 5.41) is 8.58. The Hall–Kier alpha value is -1.12. The van der Waals surface area contributed by atoms with Crippen LogP contribution in [-0.2, 0) is 11.2 Å². The summed E-state index contributed by atoms with van der Waals surface area (Å²) in [6.45, 7) is 0.0273. The SMILES string of the molecule is COCOc1cc(F)c(Br)cc1CC#N. The van der Waals surface area contributed by atoms with Crippen molar-refractivity contribution in [3.63, 3.8) is 0 Å². The summed E-state index contributed by atoms with van der Waals surface area (Å²) >= 11 is 3.05. The molecule has 1 aromatic rings. The van der Waals surface area contributed by atoms with Crippen molar-refractivity contribution >= 4 is 15.9 Å². The van der Waals surface area contributed by atoms with Crippen molar-refractivity contribution in [2.24, 2.45) is 0 Å². The lowest BCUT2D eigenvalue weighted by atomic mass is 10.1. The van der Waals surface area contributed by atoms with Crippen molar-refractivity contribution in [3.8, 4) is 11.8 Å². The van der Waals surface area contributed by atoms with Crippen molar-refractivity contribution in [3.05, 3.63) is 28.0 Å². The molecule has 0 saturated heterocycles. The molecule has 80 valence electrons. The molecule has 1 aromatic carbocycles. The lowest BCUT2D eigenvalue weighted by Gasteiger charge is -2.09. The molecule has 0 saturated carbocycles. The number of methoxy groups -OCH3 is 1. The zero-order chi connectivity index (χ0) is 11.3. The average Bonchev–Trinajstić information content (AvgIpc) is 2.21. The smallest absolute Gasteiger partial charge is 0.188 e. The number of benzene rings is 1. The fourth-order valence-corrected chi connectivity index (χ4v) is 1.44. The highest BCUT2D eigenvalue weighted by Crippen LogP contribution is 2.26. The van der Waals surface area contributed by atoms with Crippen LogP contribution in [0.1, 0.15) is 5.56 Å². The molecule has 0 amide bonds. The van der Waals surface area contributed by atoms with Gasteiger partial charge in [-0.2, -0.15) is 5.26 Å². The van der Waals surface area contributed by atoms with E-state index < -0.39 is 5.82 Å². The van der Waals surface area contributed by atoms with Crippen molar-refractivity contribution in [1.29, 1.82) is 5.26 Å². The first-order valence-electron chi connectivity index (χ1n) is 4.15. The number of nitrogens with zero attached hydrogens (tertiary/aromatic N) is 1. The first-order valence-corrected chi connectivity index (χ1v) is 4.95. The standard InChI is InChI=1S/C10H9BrFNO2/c1-14-6-15-10-5-9(12)8(11)4-7(10)2-3-13/h4-5H,2,6H2,1H3. The number of hydrogen-bond donors (Lipinski definition) is 0. The number of hydrogen-bond acceptors (Lipinski definition) is 3. The third-order valence-corrected chi connectivity index (χ3v) is 2.31. The van der Waals surface area contributed by atoms with Crippen LogP contribution in [0.4, 0.5) is 4.39 Å². The van der Waals surface area contributed by atoms with Gasteiger partial charge in [-0.15, -0.1) is 0 Å². The Morgan fingerprint density at radius 2 is 2.27 bits per heavy atom. The molecule has 0 heterocycles. The summed E-state index contributed by atoms with van der Waals surface area (Å²) in [6, 6.07) is 4.75. The lowest BCUT2D eigenvalue weighted by Crippen LogP contribution is -2.02. The van der Waals surface area contributed by atoms with Gasteiger partial charge >= 0.3 is 0 Å². The molecule has 0 aliphatic rings. The molecule has 0 radical (unpaired) electrons. The summed E-state index contributed by atoms with van der Waals surface area (Å²) in [5.74, 6) is -0.0955. The maximum atomic E-state index is 13.2. The number of halogens is 2. The summed E-state index contributed by atoms with van der Waals surface area (Å²) in [6.07, 6.45) is 0.165. The third-order valence-electron chi connectivity index (χ3n) is 1.71. The molecular weight excluding hydrogens is 265 g/mol. The van der Waals surface area contributed by atoms with E-state index in [0.29, 0.717) is 15.8 Å². The molecule has 5 heteroatoms. The molecule has 0 unspecified atom stereocenters. The van der Waals surface area contributed by atoms with Crippen LogP contribution in [0.15, 0.2) is 16.6 Å². The van der Waals surface area contributed by atoms with Gasteiger partial charge in [0.2, 0.25) is 0 Å². The van der Waals surface area contributed by atoms with Gasteiger partial charge in [0.1, 0.15) is 11.6 Å². The molecule has 0 aliphatic carbocycles. The molecule has 0 atom stereocenters.